The average molecular weight is 382 g/mol. The Labute approximate surface area is 130 Å². The Morgan fingerprint density at radius 3 is 2.41 bits per heavy atom. The second-order valence-corrected chi connectivity index (χ2v) is 3.95. The molecule has 0 spiro atoms. The summed E-state index contributed by atoms with van der Waals surface area (Å²) >= 11 is 3.05. The van der Waals surface area contributed by atoms with Crippen molar-refractivity contribution in [3.63, 3.8) is 0 Å². The number of fused-ring (bicyclic) bond motifs is 1. The zero-order valence-corrected chi connectivity index (χ0v) is 13.6. The molecule has 0 saturated heterocycles. The Morgan fingerprint density at radius 1 is 1.29 bits per heavy atom. The van der Waals surface area contributed by atoms with Gasteiger partial charge in [-0.1, -0.05) is 21.8 Å². The van der Waals surface area contributed by atoms with E-state index in [0.29, 0.717) is 15.8 Å². The van der Waals surface area contributed by atoms with E-state index in [2.05, 4.69) is 25.9 Å². The number of benzene rings is 1. The molecular formula is C10H8BrF3N2Y-2. The summed E-state index contributed by atoms with van der Waals surface area (Å²) in [5.41, 5.74) is -0.00326. The van der Waals surface area contributed by atoms with E-state index in [0.717, 1.165) is 12.1 Å². The predicted octanol–water partition coefficient (Wildman–Crippen LogP) is 3.73. The van der Waals surface area contributed by atoms with E-state index >= 15 is 0 Å². The maximum absolute atomic E-state index is 12.4. The first-order valence-electron chi connectivity index (χ1n) is 4.06. The fourth-order valence-electron chi connectivity index (χ4n) is 1.31. The number of rotatable bonds is 0. The summed E-state index contributed by atoms with van der Waals surface area (Å²) in [6, 6.07) is 2.01. The third-order valence-electron chi connectivity index (χ3n) is 1.93. The maximum atomic E-state index is 12.4. The summed E-state index contributed by atoms with van der Waals surface area (Å²) in [7, 11) is 0. The molecule has 1 aromatic carbocycles. The number of nitrogens with zero attached hydrogens (tertiary/aromatic N) is 2. The topological polar surface area (TPSA) is 27.0 Å². The molecular weight excluding hydrogens is 374 g/mol. The van der Waals surface area contributed by atoms with Crippen LogP contribution in [0.4, 0.5) is 13.2 Å². The third kappa shape index (κ3) is 3.52. The monoisotopic (exact) mass is 381 g/mol. The maximum Gasteiger partial charge on any atom is 0.416 e. The molecule has 0 saturated carbocycles. The van der Waals surface area contributed by atoms with Gasteiger partial charge in [-0.2, -0.15) is 13.2 Å². The Balaban J connectivity index is 0.00000128. The van der Waals surface area contributed by atoms with Gasteiger partial charge in [0.2, 0.25) is 0 Å². The van der Waals surface area contributed by atoms with E-state index in [1.54, 1.807) is 6.92 Å². The first-order valence-corrected chi connectivity index (χ1v) is 4.85. The van der Waals surface area contributed by atoms with Gasteiger partial charge in [0, 0.05) is 37.2 Å². The molecule has 0 aliphatic rings. The molecule has 2 aromatic rings. The summed E-state index contributed by atoms with van der Waals surface area (Å²) < 4.78 is 37.6. The van der Waals surface area contributed by atoms with Crippen LogP contribution in [0.3, 0.4) is 0 Å². The van der Waals surface area contributed by atoms with Crippen molar-refractivity contribution >= 4 is 27.0 Å². The molecule has 17 heavy (non-hydrogen) atoms. The fraction of sp³-hybridized carbons (Fsp3) is 0.200. The number of halogens is 4. The molecule has 1 heterocycles. The van der Waals surface area contributed by atoms with Crippen molar-refractivity contribution in [3.05, 3.63) is 35.4 Å². The van der Waals surface area contributed by atoms with E-state index in [9.17, 15) is 13.2 Å². The van der Waals surface area contributed by atoms with Crippen LogP contribution in [-0.2, 0) is 38.9 Å². The van der Waals surface area contributed by atoms with Crippen LogP contribution >= 0.6 is 15.9 Å². The van der Waals surface area contributed by atoms with Crippen molar-refractivity contribution in [2.45, 2.75) is 13.1 Å². The standard InChI is InChI=1S/C9H5BrF3N2.CH3.Y/c1-4-14-7-3-5(9(11,12)13)2-6(10)8(7)15-4;;/h2-3H,1H3;1H3;/q2*-1;. The van der Waals surface area contributed by atoms with Crippen LogP contribution in [0.5, 0.6) is 0 Å². The second-order valence-electron chi connectivity index (χ2n) is 3.09. The van der Waals surface area contributed by atoms with Gasteiger partial charge in [-0.25, -0.2) is 0 Å². The minimum absolute atomic E-state index is 0. The Morgan fingerprint density at radius 2 is 1.88 bits per heavy atom. The summed E-state index contributed by atoms with van der Waals surface area (Å²) in [6.07, 6.45) is -4.36. The minimum Gasteiger partial charge on any atom is -0.440 e. The Kier molecular flexibility index (Phi) is 5.82. The zero-order valence-electron chi connectivity index (χ0n) is 9.14. The SMILES string of the molecule is Cc1nc2c(Br)cc(C(F)(F)F)cc2[n-]1.[CH3-].[Y]. The number of hydrogen-bond acceptors (Lipinski definition) is 1. The second kappa shape index (κ2) is 5.80. The predicted molar refractivity (Wildman–Crippen MR) is 58.9 cm³/mol. The number of aromatic nitrogens is 2. The van der Waals surface area contributed by atoms with Gasteiger partial charge in [-0.15, -0.1) is 0 Å². The van der Waals surface area contributed by atoms with Crippen LogP contribution in [0.1, 0.15) is 11.4 Å². The molecule has 1 aromatic heterocycles. The summed E-state index contributed by atoms with van der Waals surface area (Å²) in [5, 5.41) is 0. The summed E-state index contributed by atoms with van der Waals surface area (Å²) in [4.78, 5) is 7.92. The van der Waals surface area contributed by atoms with Gasteiger partial charge in [-0.3, -0.25) is 0 Å². The van der Waals surface area contributed by atoms with Crippen LogP contribution in [0.2, 0.25) is 0 Å². The number of aryl methyl sites for hydroxylation is 1. The molecule has 0 amide bonds. The molecule has 2 nitrogen and oxygen atoms in total. The molecule has 2 rings (SSSR count). The molecule has 0 atom stereocenters. The number of imidazole rings is 1. The Hall–Kier alpha value is 0.0639. The summed E-state index contributed by atoms with van der Waals surface area (Å²) in [6.45, 7) is 1.64. The molecule has 0 aliphatic carbocycles. The van der Waals surface area contributed by atoms with Crippen molar-refractivity contribution in [1.82, 2.24) is 9.97 Å². The van der Waals surface area contributed by atoms with Gasteiger partial charge in [0.15, 0.2) is 0 Å². The van der Waals surface area contributed by atoms with Gasteiger partial charge in [0.25, 0.3) is 0 Å². The van der Waals surface area contributed by atoms with Crippen molar-refractivity contribution in [3.8, 4) is 0 Å². The number of alkyl halides is 3. The molecule has 0 N–H and O–H groups in total. The van der Waals surface area contributed by atoms with Crippen LogP contribution in [-0.4, -0.2) is 4.98 Å². The first kappa shape index (κ1) is 17.1. The van der Waals surface area contributed by atoms with Crippen LogP contribution in [0.25, 0.3) is 11.0 Å². The van der Waals surface area contributed by atoms with E-state index < -0.39 is 11.7 Å². The molecule has 7 heteroatoms. The zero-order chi connectivity index (χ0) is 11.2. The number of hydrogen-bond donors (Lipinski definition) is 0. The molecule has 0 bridgehead atoms. The quantitative estimate of drug-likeness (QED) is 0.650. The summed E-state index contributed by atoms with van der Waals surface area (Å²) in [5.74, 6) is 0.463. The van der Waals surface area contributed by atoms with Crippen molar-refractivity contribution < 1.29 is 45.9 Å². The van der Waals surface area contributed by atoms with E-state index in [1.165, 1.54) is 0 Å². The smallest absolute Gasteiger partial charge is 0.416 e. The Bertz CT molecular complexity index is 522. The van der Waals surface area contributed by atoms with Crippen molar-refractivity contribution in [1.29, 1.82) is 0 Å². The van der Waals surface area contributed by atoms with Gasteiger partial charge in [0.05, 0.1) is 5.56 Å². The molecule has 0 unspecified atom stereocenters. The average Bonchev–Trinajstić information content (AvgIpc) is 2.44. The van der Waals surface area contributed by atoms with Crippen LogP contribution in [0, 0.1) is 14.4 Å². The van der Waals surface area contributed by atoms with Crippen LogP contribution in [0.15, 0.2) is 16.6 Å². The minimum atomic E-state index is -4.36. The van der Waals surface area contributed by atoms with Gasteiger partial charge < -0.3 is 17.4 Å². The van der Waals surface area contributed by atoms with Crippen molar-refractivity contribution in [2.75, 3.05) is 0 Å². The van der Waals surface area contributed by atoms with Crippen molar-refractivity contribution in [2.24, 2.45) is 0 Å². The van der Waals surface area contributed by atoms with E-state index in [4.69, 9.17) is 0 Å². The third-order valence-corrected chi connectivity index (χ3v) is 2.53. The first-order chi connectivity index (χ1) is 6.88. The molecule has 0 aliphatic heterocycles. The normalized spacial score (nSPS) is 10.9. The molecule has 0 fully saturated rings. The van der Waals surface area contributed by atoms with E-state index in [-0.39, 0.29) is 45.7 Å². The van der Waals surface area contributed by atoms with Gasteiger partial charge in [0.1, 0.15) is 0 Å². The van der Waals surface area contributed by atoms with Gasteiger partial charge in [-0.05, 0) is 30.1 Å². The van der Waals surface area contributed by atoms with Crippen LogP contribution < -0.4 is 4.98 Å². The molecule has 91 valence electrons. The molecule has 1 radical (unpaired) electrons. The largest absolute Gasteiger partial charge is 0.440 e. The van der Waals surface area contributed by atoms with Gasteiger partial charge >= 0.3 is 6.18 Å². The van der Waals surface area contributed by atoms with E-state index in [1.807, 2.05) is 0 Å². The fourth-order valence-corrected chi connectivity index (χ4v) is 1.84.